The maximum atomic E-state index is 12.5. The van der Waals surface area contributed by atoms with Crippen LogP contribution in [0.4, 0.5) is 11.4 Å². The third-order valence-corrected chi connectivity index (χ3v) is 5.46. The molecule has 4 N–H and O–H groups in total. The van der Waals surface area contributed by atoms with Crippen molar-refractivity contribution in [2.24, 2.45) is 5.73 Å². The number of nitrogens with two attached hydrogens (primary N) is 1. The maximum Gasteiger partial charge on any atom is 0.253 e. The van der Waals surface area contributed by atoms with Crippen LogP contribution in [0.2, 0.25) is 0 Å². The number of carbonyl (C=O) groups is 1. The van der Waals surface area contributed by atoms with Gasteiger partial charge in [0, 0.05) is 38.1 Å². The van der Waals surface area contributed by atoms with Crippen LogP contribution in [-0.2, 0) is 9.53 Å². The zero-order valence-electron chi connectivity index (χ0n) is 13.9. The Hall–Kier alpha value is -1.64. The molecule has 2 aromatic rings. The fourth-order valence-electron chi connectivity index (χ4n) is 3.67. The number of aromatic nitrogens is 2. The number of anilines is 2. The van der Waals surface area contributed by atoms with Crippen molar-refractivity contribution in [2.75, 3.05) is 29.9 Å². The number of carbonyl (C=O) groups excluding carboxylic acids is 1. The first-order chi connectivity index (χ1) is 12.1. The second-order valence-corrected chi connectivity index (χ2v) is 7.57. The van der Waals surface area contributed by atoms with Gasteiger partial charge in [-0.3, -0.25) is 4.79 Å². The van der Waals surface area contributed by atoms with Crippen molar-refractivity contribution < 1.29 is 9.53 Å². The van der Waals surface area contributed by atoms with Crippen LogP contribution >= 0.6 is 15.9 Å². The molecule has 7 nitrogen and oxygen atoms in total. The SMILES string of the molecule is N[C@@H]1CCCN(c2c(Br)cnc3[nH]cc(NC(=O)[C@H]4CCCO4)c23)C1. The van der Waals surface area contributed by atoms with E-state index in [1.807, 2.05) is 0 Å². The van der Waals surface area contributed by atoms with Crippen molar-refractivity contribution >= 4 is 44.2 Å². The van der Waals surface area contributed by atoms with Gasteiger partial charge in [-0.2, -0.15) is 0 Å². The van der Waals surface area contributed by atoms with Gasteiger partial charge in [0.15, 0.2) is 0 Å². The van der Waals surface area contributed by atoms with Crippen LogP contribution in [0, 0.1) is 0 Å². The number of halogens is 1. The molecule has 4 rings (SSSR count). The summed E-state index contributed by atoms with van der Waals surface area (Å²) in [7, 11) is 0. The quantitative estimate of drug-likeness (QED) is 0.725. The van der Waals surface area contributed by atoms with E-state index in [2.05, 4.69) is 36.1 Å². The fraction of sp³-hybridized carbons (Fsp3) is 0.529. The topological polar surface area (TPSA) is 96.3 Å². The van der Waals surface area contributed by atoms with Crippen LogP contribution < -0.4 is 16.0 Å². The molecule has 25 heavy (non-hydrogen) atoms. The first-order valence-corrected chi connectivity index (χ1v) is 9.51. The van der Waals surface area contributed by atoms with Crippen LogP contribution in [-0.4, -0.2) is 47.7 Å². The second-order valence-electron chi connectivity index (χ2n) is 6.72. The number of rotatable bonds is 3. The molecule has 0 bridgehead atoms. The van der Waals surface area contributed by atoms with Gasteiger partial charge in [0.25, 0.3) is 5.91 Å². The minimum Gasteiger partial charge on any atom is -0.368 e. The Morgan fingerprint density at radius 2 is 2.32 bits per heavy atom. The Morgan fingerprint density at radius 1 is 1.44 bits per heavy atom. The third kappa shape index (κ3) is 3.26. The summed E-state index contributed by atoms with van der Waals surface area (Å²) in [6, 6.07) is 0.160. The molecule has 2 fully saturated rings. The lowest BCUT2D eigenvalue weighted by Crippen LogP contribution is -2.43. The number of nitrogens with zero attached hydrogens (tertiary/aromatic N) is 2. The zero-order valence-corrected chi connectivity index (χ0v) is 15.5. The molecule has 0 unspecified atom stereocenters. The molecule has 2 aromatic heterocycles. The van der Waals surface area contributed by atoms with Gasteiger partial charge < -0.3 is 25.7 Å². The number of nitrogens with one attached hydrogen (secondary N) is 2. The third-order valence-electron chi connectivity index (χ3n) is 4.88. The van der Waals surface area contributed by atoms with Gasteiger partial charge in [-0.05, 0) is 41.6 Å². The average Bonchev–Trinajstić information content (AvgIpc) is 3.25. The average molecular weight is 408 g/mol. The predicted octanol–water partition coefficient (Wildman–Crippen LogP) is 2.37. The molecule has 8 heteroatoms. The van der Waals surface area contributed by atoms with Crippen LogP contribution in [0.25, 0.3) is 11.0 Å². The number of aromatic amines is 1. The van der Waals surface area contributed by atoms with Gasteiger partial charge >= 0.3 is 0 Å². The minimum absolute atomic E-state index is 0.0975. The Labute approximate surface area is 154 Å². The number of H-pyrrole nitrogens is 1. The van der Waals surface area contributed by atoms with Crippen molar-refractivity contribution in [1.29, 1.82) is 0 Å². The lowest BCUT2D eigenvalue weighted by atomic mass is 10.1. The summed E-state index contributed by atoms with van der Waals surface area (Å²) < 4.78 is 6.39. The molecule has 2 aliphatic heterocycles. The summed E-state index contributed by atoms with van der Waals surface area (Å²) in [5, 5.41) is 3.92. The number of fused-ring (bicyclic) bond motifs is 1. The van der Waals surface area contributed by atoms with Gasteiger partial charge in [0.2, 0.25) is 0 Å². The highest BCUT2D eigenvalue weighted by Crippen LogP contribution is 2.39. The Morgan fingerprint density at radius 3 is 3.08 bits per heavy atom. The predicted molar refractivity (Wildman–Crippen MR) is 101 cm³/mol. The summed E-state index contributed by atoms with van der Waals surface area (Å²) in [5.41, 5.74) is 8.68. The summed E-state index contributed by atoms with van der Waals surface area (Å²) in [4.78, 5) is 22.3. The van der Waals surface area contributed by atoms with Gasteiger partial charge in [0.1, 0.15) is 11.8 Å². The molecule has 4 heterocycles. The lowest BCUT2D eigenvalue weighted by molar-refractivity contribution is -0.124. The van der Waals surface area contributed by atoms with Gasteiger partial charge in [-0.25, -0.2) is 4.98 Å². The van der Waals surface area contributed by atoms with E-state index in [0.29, 0.717) is 6.61 Å². The van der Waals surface area contributed by atoms with Crippen LogP contribution in [0.15, 0.2) is 16.9 Å². The lowest BCUT2D eigenvalue weighted by Gasteiger charge is -2.33. The monoisotopic (exact) mass is 407 g/mol. The number of ether oxygens (including phenoxy) is 1. The molecule has 1 amide bonds. The normalized spacial score (nSPS) is 24.0. The van der Waals surface area contributed by atoms with Crippen LogP contribution in [0.3, 0.4) is 0 Å². The van der Waals surface area contributed by atoms with Crippen molar-refractivity contribution in [3.05, 3.63) is 16.9 Å². The Bertz CT molecular complexity index is 787. The Kier molecular flexibility index (Phi) is 4.66. The molecule has 0 radical (unpaired) electrons. The molecule has 2 saturated heterocycles. The van der Waals surface area contributed by atoms with Crippen molar-refractivity contribution in [2.45, 2.75) is 37.8 Å². The molecule has 0 aromatic carbocycles. The first kappa shape index (κ1) is 16.8. The summed E-state index contributed by atoms with van der Waals surface area (Å²) in [6.07, 6.45) is 7.01. The zero-order chi connectivity index (χ0) is 17.4. The molecule has 134 valence electrons. The van der Waals surface area contributed by atoms with Crippen LogP contribution in [0.5, 0.6) is 0 Å². The number of hydrogen-bond acceptors (Lipinski definition) is 5. The smallest absolute Gasteiger partial charge is 0.253 e. The number of amides is 1. The molecular formula is C17H22BrN5O2. The van der Waals surface area contributed by atoms with Gasteiger partial charge in [-0.15, -0.1) is 0 Å². The fourth-order valence-corrected chi connectivity index (χ4v) is 4.23. The van der Waals surface area contributed by atoms with Crippen molar-refractivity contribution in [3.63, 3.8) is 0 Å². The molecule has 0 aliphatic carbocycles. The largest absolute Gasteiger partial charge is 0.368 e. The number of piperidine rings is 1. The highest BCUT2D eigenvalue weighted by atomic mass is 79.9. The van der Waals surface area contributed by atoms with Crippen molar-refractivity contribution in [1.82, 2.24) is 9.97 Å². The first-order valence-electron chi connectivity index (χ1n) is 8.72. The van der Waals surface area contributed by atoms with E-state index in [4.69, 9.17) is 10.5 Å². The highest BCUT2D eigenvalue weighted by Gasteiger charge is 2.27. The molecule has 2 atom stereocenters. The van der Waals surface area contributed by atoms with E-state index < -0.39 is 0 Å². The molecular weight excluding hydrogens is 386 g/mol. The highest BCUT2D eigenvalue weighted by molar-refractivity contribution is 9.10. The summed E-state index contributed by atoms with van der Waals surface area (Å²) in [6.45, 7) is 2.38. The summed E-state index contributed by atoms with van der Waals surface area (Å²) >= 11 is 3.63. The van der Waals surface area contributed by atoms with E-state index in [0.717, 1.165) is 65.7 Å². The van der Waals surface area contributed by atoms with E-state index in [-0.39, 0.29) is 18.1 Å². The van der Waals surface area contributed by atoms with Crippen molar-refractivity contribution in [3.8, 4) is 0 Å². The van der Waals surface area contributed by atoms with Gasteiger partial charge in [-0.1, -0.05) is 0 Å². The standard InChI is InChI=1S/C17H22BrN5O2/c18-11-7-20-16-14(15(11)23-5-1-3-10(19)9-23)12(8-21-16)22-17(24)13-4-2-6-25-13/h7-8,10,13H,1-6,9,19H2,(H,20,21)(H,22,24)/t10-,13-/m1/s1. The minimum atomic E-state index is -0.364. The number of hydrogen-bond donors (Lipinski definition) is 3. The van der Waals surface area contributed by atoms with E-state index >= 15 is 0 Å². The molecule has 0 saturated carbocycles. The summed E-state index contributed by atoms with van der Waals surface area (Å²) in [5.74, 6) is -0.0975. The number of pyridine rings is 1. The maximum absolute atomic E-state index is 12.5. The van der Waals surface area contributed by atoms with E-state index in [1.165, 1.54) is 0 Å². The van der Waals surface area contributed by atoms with Crippen LogP contribution in [0.1, 0.15) is 25.7 Å². The molecule has 2 aliphatic rings. The Balaban J connectivity index is 1.70. The second kappa shape index (κ2) is 6.93. The van der Waals surface area contributed by atoms with E-state index in [1.54, 1.807) is 12.4 Å². The van der Waals surface area contributed by atoms with Gasteiger partial charge in [0.05, 0.1) is 21.2 Å². The van der Waals surface area contributed by atoms with E-state index in [9.17, 15) is 4.79 Å². The molecule has 0 spiro atoms.